The van der Waals surface area contributed by atoms with Crippen LogP contribution in [0.4, 0.5) is 0 Å². The largest absolute Gasteiger partial charge is 0.508 e. The van der Waals surface area contributed by atoms with Crippen LogP contribution >= 0.6 is 25.3 Å². The van der Waals surface area contributed by atoms with E-state index in [0.29, 0.717) is 24.0 Å². The van der Waals surface area contributed by atoms with Gasteiger partial charge in [0.25, 0.3) is 0 Å². The molecule has 1 aliphatic rings. The molecule has 1 saturated heterocycles. The molecule has 0 bridgehead atoms. The molecule has 0 radical (unpaired) electrons. The van der Waals surface area contributed by atoms with Crippen LogP contribution < -0.4 is 65.9 Å². The Morgan fingerprint density at radius 2 is 1.14 bits per heavy atom. The molecule has 18 N–H and O–H groups in total. The maximum Gasteiger partial charge on any atom is 0.246 e. The van der Waals surface area contributed by atoms with Gasteiger partial charge in [0.1, 0.15) is 48.0 Å². The van der Waals surface area contributed by atoms with E-state index in [4.69, 9.17) is 28.7 Å². The zero-order valence-electron chi connectivity index (χ0n) is 39.4. The predicted molar refractivity (Wildman–Crippen MR) is 267 cm³/mol. The van der Waals surface area contributed by atoms with Gasteiger partial charge in [-0.1, -0.05) is 42.5 Å². The highest BCUT2D eigenvalue weighted by molar-refractivity contribution is 7.80. The zero-order valence-corrected chi connectivity index (χ0v) is 41.2. The van der Waals surface area contributed by atoms with E-state index >= 15 is 0 Å². The molecule has 0 aromatic heterocycles. The van der Waals surface area contributed by atoms with Gasteiger partial charge >= 0.3 is 0 Å². The second-order valence-corrected chi connectivity index (χ2v) is 17.6. The van der Waals surface area contributed by atoms with Gasteiger partial charge in [-0.05, 0) is 61.9 Å². The highest BCUT2D eigenvalue weighted by Crippen LogP contribution is 2.20. The molecular formula is C45H65N13O12S2. The number of amides is 11. The molecule has 11 amide bonds. The number of nitrogens with one attached hydrogen (secondary N) is 7. The highest BCUT2D eigenvalue weighted by Gasteiger charge is 2.40. The second-order valence-electron chi connectivity index (χ2n) is 16.9. The number of thiol groups is 2. The number of benzene rings is 2. The summed E-state index contributed by atoms with van der Waals surface area (Å²) >= 11 is 8.29. The summed E-state index contributed by atoms with van der Waals surface area (Å²) in [6.07, 6.45) is -1.06. The summed E-state index contributed by atoms with van der Waals surface area (Å²) in [6, 6.07) is 3.19. The summed E-state index contributed by atoms with van der Waals surface area (Å²) in [7, 11) is 0. The first-order valence-electron chi connectivity index (χ1n) is 22.9. The van der Waals surface area contributed by atoms with E-state index in [1.54, 1.807) is 30.3 Å². The quantitative estimate of drug-likeness (QED) is 0.0326. The van der Waals surface area contributed by atoms with Gasteiger partial charge < -0.3 is 75.9 Å². The molecule has 0 aliphatic carbocycles. The number of rotatable bonds is 30. The van der Waals surface area contributed by atoms with Crippen LogP contribution in [0.1, 0.15) is 56.1 Å². The van der Waals surface area contributed by atoms with Crippen LogP contribution in [0.3, 0.4) is 0 Å². The molecule has 1 heterocycles. The fourth-order valence-electron chi connectivity index (χ4n) is 7.40. The van der Waals surface area contributed by atoms with Crippen LogP contribution in [-0.2, 0) is 65.6 Å². The van der Waals surface area contributed by atoms with Crippen LogP contribution in [0.15, 0.2) is 54.6 Å². The van der Waals surface area contributed by atoms with Gasteiger partial charge in [-0.2, -0.15) is 25.3 Å². The number of likely N-dealkylation sites (tertiary alicyclic amines) is 1. The number of aromatic hydroxyl groups is 1. The fourth-order valence-corrected chi connectivity index (χ4v) is 7.81. The lowest BCUT2D eigenvalue weighted by Gasteiger charge is -2.30. The van der Waals surface area contributed by atoms with E-state index in [-0.39, 0.29) is 56.0 Å². The van der Waals surface area contributed by atoms with Crippen LogP contribution in [0.2, 0.25) is 0 Å². The topological polar surface area (TPSA) is 426 Å². The van der Waals surface area contributed by atoms with E-state index in [2.05, 4.69) is 62.5 Å². The number of carbonyl (C=O) groups is 11. The monoisotopic (exact) mass is 1040 g/mol. The summed E-state index contributed by atoms with van der Waals surface area (Å²) in [4.78, 5) is 146. The third kappa shape index (κ3) is 19.7. The lowest BCUT2D eigenvalue weighted by atomic mass is 10.0. The number of primary amides is 3. The van der Waals surface area contributed by atoms with E-state index < -0.39 is 139 Å². The van der Waals surface area contributed by atoms with Gasteiger partial charge in [0.2, 0.25) is 65.0 Å². The van der Waals surface area contributed by atoms with Crippen molar-refractivity contribution in [2.75, 3.05) is 31.1 Å². The van der Waals surface area contributed by atoms with Crippen molar-refractivity contribution in [3.63, 3.8) is 0 Å². The summed E-state index contributed by atoms with van der Waals surface area (Å²) < 4.78 is 0. The van der Waals surface area contributed by atoms with Gasteiger partial charge in [-0.3, -0.25) is 52.7 Å². The lowest BCUT2D eigenvalue weighted by molar-refractivity contribution is -0.142. The van der Waals surface area contributed by atoms with Crippen LogP contribution in [0.5, 0.6) is 5.75 Å². The average Bonchev–Trinajstić information content (AvgIpc) is 3.85. The number of hydrogen-bond acceptors (Lipinski definition) is 16. The molecule has 1 fully saturated rings. The lowest BCUT2D eigenvalue weighted by Crippen LogP contribution is -2.61. The smallest absolute Gasteiger partial charge is 0.246 e. The molecule has 1 aliphatic heterocycles. The Balaban J connectivity index is 1.86. The Morgan fingerprint density at radius 1 is 0.611 bits per heavy atom. The molecule has 2 aromatic rings. The van der Waals surface area contributed by atoms with Crippen LogP contribution in [0, 0.1) is 0 Å². The minimum atomic E-state index is -1.79. The van der Waals surface area contributed by atoms with E-state index in [0.717, 1.165) is 0 Å². The maximum atomic E-state index is 14.2. The van der Waals surface area contributed by atoms with Crippen molar-refractivity contribution < 1.29 is 57.8 Å². The number of nitrogens with zero attached hydrogens (tertiary/aromatic N) is 1. The van der Waals surface area contributed by atoms with Crippen LogP contribution in [0.25, 0.3) is 0 Å². The minimum Gasteiger partial charge on any atom is -0.508 e. The number of carbonyl (C=O) groups excluding carboxylic acids is 11. The maximum absolute atomic E-state index is 14.2. The Labute approximate surface area is 426 Å². The number of hydrogen-bond donors (Lipinski definition) is 15. The second kappa shape index (κ2) is 30.0. The Morgan fingerprint density at radius 3 is 1.69 bits per heavy atom. The first-order valence-corrected chi connectivity index (χ1v) is 24.2. The van der Waals surface area contributed by atoms with E-state index in [1.807, 2.05) is 0 Å². The molecule has 2 aromatic carbocycles. The number of nitrogens with two attached hydrogens (primary N) is 5. The molecule has 27 heteroatoms. The summed E-state index contributed by atoms with van der Waals surface area (Å²) in [5, 5.41) is 27.2. The number of phenolic OH excluding ortho intramolecular Hbond substituents is 1. The Bertz CT molecular complexity index is 2240. The first-order chi connectivity index (χ1) is 34.2. The van der Waals surface area contributed by atoms with Crippen molar-refractivity contribution in [2.24, 2.45) is 28.7 Å². The van der Waals surface area contributed by atoms with Crippen molar-refractivity contribution in [1.82, 2.24) is 42.1 Å². The average molecular weight is 1040 g/mol. The molecule has 394 valence electrons. The number of phenols is 1. The Kier molecular flexibility index (Phi) is 24.8. The van der Waals surface area contributed by atoms with E-state index in [1.165, 1.54) is 29.2 Å². The fraction of sp³-hybridized carbons (Fsp3) is 0.489. The zero-order chi connectivity index (χ0) is 53.5. The third-order valence-electron chi connectivity index (χ3n) is 11.2. The van der Waals surface area contributed by atoms with Gasteiger partial charge in [0, 0.05) is 37.3 Å². The van der Waals surface area contributed by atoms with Gasteiger partial charge in [0.15, 0.2) is 0 Å². The molecule has 3 rings (SSSR count). The van der Waals surface area contributed by atoms with Crippen molar-refractivity contribution in [1.29, 1.82) is 0 Å². The summed E-state index contributed by atoms with van der Waals surface area (Å²) in [5.74, 6) is -10.1. The Hall–Kier alpha value is -6.97. The van der Waals surface area contributed by atoms with Crippen molar-refractivity contribution in [3.8, 4) is 5.75 Å². The van der Waals surface area contributed by atoms with Crippen molar-refractivity contribution in [2.45, 2.75) is 106 Å². The normalized spacial score (nSPS) is 15.9. The predicted octanol–water partition coefficient (Wildman–Crippen LogP) is -5.25. The molecule has 8 atom stereocenters. The molecule has 0 unspecified atom stereocenters. The van der Waals surface area contributed by atoms with E-state index in [9.17, 15) is 57.8 Å². The van der Waals surface area contributed by atoms with Gasteiger partial charge in [-0.25, -0.2) is 0 Å². The van der Waals surface area contributed by atoms with Crippen molar-refractivity contribution in [3.05, 3.63) is 65.7 Å². The van der Waals surface area contributed by atoms with Crippen molar-refractivity contribution >= 4 is 90.2 Å². The van der Waals surface area contributed by atoms with Crippen LogP contribution in [-0.4, -0.2) is 154 Å². The molecule has 0 saturated carbocycles. The molecular weight excluding hydrogens is 979 g/mol. The first kappa shape index (κ1) is 59.3. The standard InChI is InChI=1S/C45H65N13O12S2/c46-16-4-8-28(39(64)51-21-37(50)62)53-44(69)34-9-5-17-58(34)45(70)33(23-72)57-43(68)32(20-36(49)61)56-40(65)29(14-15-35(48)60)52-41(66)31(18-24-6-2-1-3-7-24)55-42(67)30(54-38(63)27(47)22-71)19-25-10-12-26(59)13-11-25/h1-3,6-7,10-13,27-34,59,71-72H,4-5,8-9,14-23,46-47H2,(H2,48,60)(H2,49,61)(H2,50,62)(H,51,64)(H,52,66)(H,53,69)(H,54,63)(H,55,67)(H,56,65)(H,57,68)/t27-,28-,29-,30-,31-,32-,33-,34-/m0/s1. The summed E-state index contributed by atoms with van der Waals surface area (Å²) in [5.41, 5.74) is 28.6. The van der Waals surface area contributed by atoms with Gasteiger partial charge in [0.05, 0.1) is 19.0 Å². The molecule has 72 heavy (non-hydrogen) atoms. The minimum absolute atomic E-state index is 0.0527. The summed E-state index contributed by atoms with van der Waals surface area (Å²) in [6.45, 7) is -0.240. The SMILES string of the molecule is NCCC[C@H](NC(=O)[C@@H]1CCCN1C(=O)[C@H](CS)NC(=O)[C@H](CC(N)=O)NC(=O)[C@H](CCC(N)=O)NC(=O)[C@H](Cc1ccccc1)NC(=O)[C@H](Cc1ccc(O)cc1)NC(=O)[C@@H](N)CS)C(=O)NCC(N)=O. The van der Waals surface area contributed by atoms with Gasteiger partial charge in [-0.15, -0.1) is 0 Å². The highest BCUT2D eigenvalue weighted by atomic mass is 32.1. The molecule has 25 nitrogen and oxygen atoms in total. The molecule has 0 spiro atoms. The third-order valence-corrected chi connectivity index (χ3v) is 12.0.